The number of ether oxygens (including phenoxy) is 1. The van der Waals surface area contributed by atoms with E-state index >= 15 is 0 Å². The summed E-state index contributed by atoms with van der Waals surface area (Å²) in [5, 5.41) is 12.5. The molecule has 1 saturated carbocycles. The number of carbonyl (C=O) groups is 2. The highest BCUT2D eigenvalue weighted by atomic mass is 32.2. The number of carboxylic acids is 1. The number of aliphatic carboxylic acids is 1. The van der Waals surface area contributed by atoms with Gasteiger partial charge in [0.1, 0.15) is 11.5 Å². The van der Waals surface area contributed by atoms with Crippen molar-refractivity contribution in [2.45, 2.75) is 96.1 Å². The van der Waals surface area contributed by atoms with Crippen molar-refractivity contribution in [3.63, 3.8) is 0 Å². The molecular formula is C33H47NO4S2. The average Bonchev–Trinajstić information content (AvgIpc) is 2.95. The van der Waals surface area contributed by atoms with Crippen molar-refractivity contribution in [2.75, 3.05) is 17.8 Å². The number of aryl methyl sites for hydroxylation is 1. The second-order valence-electron chi connectivity index (χ2n) is 11.0. The van der Waals surface area contributed by atoms with Gasteiger partial charge in [-0.1, -0.05) is 75.8 Å². The highest BCUT2D eigenvalue weighted by Gasteiger charge is 2.25. The lowest BCUT2D eigenvalue weighted by molar-refractivity contribution is -0.139. The molecule has 1 aliphatic rings. The summed E-state index contributed by atoms with van der Waals surface area (Å²) in [6, 6.07) is 13.0. The van der Waals surface area contributed by atoms with Crippen LogP contribution in [-0.4, -0.2) is 46.9 Å². The van der Waals surface area contributed by atoms with Crippen LogP contribution in [0.25, 0.3) is 11.1 Å². The van der Waals surface area contributed by atoms with Crippen LogP contribution in [0.3, 0.4) is 0 Å². The summed E-state index contributed by atoms with van der Waals surface area (Å²) in [7, 11) is 0. The van der Waals surface area contributed by atoms with Crippen molar-refractivity contribution in [3.05, 3.63) is 59.2 Å². The lowest BCUT2D eigenvalue weighted by atomic mass is 9.85. The zero-order valence-corrected chi connectivity index (χ0v) is 26.3. The lowest BCUT2D eigenvalue weighted by Crippen LogP contribution is -2.41. The second-order valence-corrected chi connectivity index (χ2v) is 13.2. The number of unbranched alkanes of at least 4 members (excludes halogenated alkanes) is 1. The Morgan fingerprint density at radius 3 is 2.50 bits per heavy atom. The van der Waals surface area contributed by atoms with Crippen molar-refractivity contribution < 1.29 is 19.4 Å². The molecule has 0 aromatic heterocycles. The van der Waals surface area contributed by atoms with Crippen LogP contribution in [-0.2, 0) is 9.53 Å². The Bertz CT molecular complexity index is 1090. The molecule has 3 unspecified atom stereocenters. The van der Waals surface area contributed by atoms with Crippen LogP contribution in [0.15, 0.2) is 42.5 Å². The molecule has 0 heterocycles. The molecule has 0 radical (unpaired) electrons. The predicted octanol–water partition coefficient (Wildman–Crippen LogP) is 8.51. The number of nitrogens with one attached hydrogen (secondary N) is 1. The van der Waals surface area contributed by atoms with Gasteiger partial charge in [0, 0.05) is 5.56 Å². The molecule has 0 spiro atoms. The van der Waals surface area contributed by atoms with Crippen molar-refractivity contribution in [1.29, 1.82) is 0 Å². The average molecular weight is 586 g/mol. The molecule has 2 aromatic rings. The van der Waals surface area contributed by atoms with E-state index in [2.05, 4.69) is 25.2 Å². The van der Waals surface area contributed by atoms with Gasteiger partial charge in [0.05, 0.1) is 6.10 Å². The maximum atomic E-state index is 13.5. The lowest BCUT2D eigenvalue weighted by Gasteiger charge is -2.28. The summed E-state index contributed by atoms with van der Waals surface area (Å²) in [6.07, 6.45) is 12.4. The third-order valence-corrected chi connectivity index (χ3v) is 9.58. The summed E-state index contributed by atoms with van der Waals surface area (Å²) < 4.78 is 6.73. The maximum absolute atomic E-state index is 13.5. The van der Waals surface area contributed by atoms with Gasteiger partial charge in [-0.3, -0.25) is 4.79 Å². The van der Waals surface area contributed by atoms with Crippen molar-refractivity contribution in [3.8, 4) is 11.1 Å². The Morgan fingerprint density at radius 2 is 1.82 bits per heavy atom. The van der Waals surface area contributed by atoms with Crippen LogP contribution < -0.4 is 5.32 Å². The molecule has 7 heteroatoms. The fraction of sp³-hybridized carbons (Fsp3) is 0.576. The number of hydrogen-bond donors (Lipinski definition) is 2. The number of rotatable bonds is 16. The fourth-order valence-electron chi connectivity index (χ4n) is 5.44. The molecule has 0 aliphatic heterocycles. The molecule has 0 saturated heterocycles. The fourth-order valence-corrected chi connectivity index (χ4v) is 7.19. The first-order chi connectivity index (χ1) is 19.3. The number of benzene rings is 2. The van der Waals surface area contributed by atoms with Crippen LogP contribution >= 0.6 is 23.5 Å². The summed E-state index contributed by atoms with van der Waals surface area (Å²) in [5.41, 5.74) is 4.25. The molecule has 0 bridgehead atoms. The Labute approximate surface area is 249 Å². The molecule has 220 valence electrons. The first-order valence-corrected chi connectivity index (χ1v) is 17.3. The van der Waals surface area contributed by atoms with Gasteiger partial charge >= 0.3 is 5.97 Å². The number of thioether (sulfide) groups is 2. The Morgan fingerprint density at radius 1 is 1.07 bits per heavy atom. The molecule has 40 heavy (non-hydrogen) atoms. The monoisotopic (exact) mass is 585 g/mol. The van der Waals surface area contributed by atoms with E-state index in [0.717, 1.165) is 53.2 Å². The smallest absolute Gasteiger partial charge is 0.326 e. The maximum Gasteiger partial charge on any atom is 0.326 e. The van der Waals surface area contributed by atoms with Gasteiger partial charge in [0.2, 0.25) is 0 Å². The number of hydrogen-bond acceptors (Lipinski definition) is 5. The van der Waals surface area contributed by atoms with E-state index in [0.29, 0.717) is 17.7 Å². The summed E-state index contributed by atoms with van der Waals surface area (Å²) in [6.45, 7) is 6.44. The van der Waals surface area contributed by atoms with E-state index < -0.39 is 12.0 Å². The molecule has 3 rings (SSSR count). The van der Waals surface area contributed by atoms with Gasteiger partial charge in [-0.25, -0.2) is 4.79 Å². The van der Waals surface area contributed by atoms with Crippen molar-refractivity contribution >= 4 is 35.4 Å². The minimum Gasteiger partial charge on any atom is -0.480 e. The zero-order valence-electron chi connectivity index (χ0n) is 24.6. The SMILES string of the molecule is CCCCSC(OC(C)CC1CCCCC1)c1ccc(C(=O)NC(CCSC)C(=O)O)c(-c2ccccc2C)c1. The third kappa shape index (κ3) is 9.85. The Kier molecular flexibility index (Phi) is 13.9. The molecule has 1 fully saturated rings. The molecule has 1 amide bonds. The number of carboxylic acid groups (broad SMARTS) is 1. The first-order valence-electron chi connectivity index (χ1n) is 14.8. The van der Waals surface area contributed by atoms with E-state index in [9.17, 15) is 14.7 Å². The van der Waals surface area contributed by atoms with Crippen LogP contribution in [0.1, 0.15) is 98.6 Å². The Balaban J connectivity index is 1.93. The van der Waals surface area contributed by atoms with E-state index in [1.165, 1.54) is 32.1 Å². The van der Waals surface area contributed by atoms with Gasteiger partial charge in [-0.15, -0.1) is 11.8 Å². The largest absolute Gasteiger partial charge is 0.480 e. The topological polar surface area (TPSA) is 75.6 Å². The van der Waals surface area contributed by atoms with Crippen LogP contribution in [0.4, 0.5) is 0 Å². The minimum atomic E-state index is -1.01. The van der Waals surface area contributed by atoms with Crippen molar-refractivity contribution in [1.82, 2.24) is 5.32 Å². The first kappa shape index (κ1) is 32.6. The summed E-state index contributed by atoms with van der Waals surface area (Å²) >= 11 is 3.40. The molecule has 1 aliphatic carbocycles. The standard InChI is InChI=1S/C33H47NO4S2/c1-5-6-19-40-33(38-24(3)21-25-13-8-7-9-14-25)26-16-17-28(29(22-26)27-15-11-10-12-23(27)2)31(35)34-30(32(36)37)18-20-39-4/h10-12,15-17,22,24-25,30,33H,5-9,13-14,18-21H2,1-4H3,(H,34,35)(H,36,37). The molecule has 3 atom stereocenters. The molecule has 2 N–H and O–H groups in total. The van der Waals surface area contributed by atoms with Gasteiger partial charge < -0.3 is 15.2 Å². The van der Waals surface area contributed by atoms with Gasteiger partial charge in [-0.05, 0) is 91.2 Å². The normalized spacial score (nSPS) is 16.3. The van der Waals surface area contributed by atoms with E-state index in [-0.39, 0.29) is 17.4 Å². The molecule has 5 nitrogen and oxygen atoms in total. The zero-order chi connectivity index (χ0) is 28.9. The van der Waals surface area contributed by atoms with E-state index in [1.54, 1.807) is 11.8 Å². The second kappa shape index (κ2) is 17.1. The highest BCUT2D eigenvalue weighted by Crippen LogP contribution is 2.38. The summed E-state index contributed by atoms with van der Waals surface area (Å²) in [5.74, 6) is 1.04. The van der Waals surface area contributed by atoms with Gasteiger partial charge in [-0.2, -0.15) is 11.8 Å². The third-order valence-electron chi connectivity index (χ3n) is 7.72. The number of amides is 1. The van der Waals surface area contributed by atoms with E-state index in [1.807, 2.05) is 61.3 Å². The predicted molar refractivity (Wildman–Crippen MR) is 170 cm³/mol. The quantitative estimate of drug-likeness (QED) is 0.152. The molecular weight excluding hydrogens is 539 g/mol. The Hall–Kier alpha value is -1.96. The number of carbonyl (C=O) groups excluding carboxylic acids is 1. The van der Waals surface area contributed by atoms with Crippen LogP contribution in [0.2, 0.25) is 0 Å². The minimum absolute atomic E-state index is 0.127. The highest BCUT2D eigenvalue weighted by molar-refractivity contribution is 7.99. The molecule has 2 aromatic carbocycles. The van der Waals surface area contributed by atoms with Gasteiger partial charge in [0.25, 0.3) is 5.91 Å². The summed E-state index contributed by atoms with van der Waals surface area (Å²) in [4.78, 5) is 25.4. The van der Waals surface area contributed by atoms with E-state index in [4.69, 9.17) is 4.74 Å². The van der Waals surface area contributed by atoms with Gasteiger partial charge in [0.15, 0.2) is 0 Å². The van der Waals surface area contributed by atoms with Crippen LogP contribution in [0, 0.1) is 12.8 Å². The van der Waals surface area contributed by atoms with Crippen LogP contribution in [0.5, 0.6) is 0 Å². The van der Waals surface area contributed by atoms with Crippen molar-refractivity contribution in [2.24, 2.45) is 5.92 Å².